The predicted molar refractivity (Wildman–Crippen MR) is 79.1 cm³/mol. The molecule has 1 unspecified atom stereocenters. The minimum atomic E-state index is -0.781. The molecule has 112 valence electrons. The van der Waals surface area contributed by atoms with E-state index in [0.29, 0.717) is 25.6 Å². The molecule has 0 fully saturated rings. The van der Waals surface area contributed by atoms with Gasteiger partial charge in [0, 0.05) is 11.4 Å². The molecule has 7 heteroatoms. The quantitative estimate of drug-likeness (QED) is 0.923. The number of amides is 1. The zero-order valence-electron chi connectivity index (χ0n) is 12.1. The van der Waals surface area contributed by atoms with Crippen molar-refractivity contribution in [3.05, 3.63) is 34.0 Å². The van der Waals surface area contributed by atoms with Gasteiger partial charge in [0.25, 0.3) is 0 Å². The summed E-state index contributed by atoms with van der Waals surface area (Å²) in [6.07, 6.45) is 0.842. The fraction of sp³-hybridized carbons (Fsp3) is 0.500. The van der Waals surface area contributed by atoms with Crippen molar-refractivity contribution in [1.82, 2.24) is 20.1 Å². The van der Waals surface area contributed by atoms with Gasteiger partial charge in [0.2, 0.25) is 5.91 Å². The van der Waals surface area contributed by atoms with Crippen LogP contribution in [0, 0.1) is 6.92 Å². The molecule has 3 rings (SSSR count). The molecule has 2 aromatic heterocycles. The van der Waals surface area contributed by atoms with Crippen LogP contribution in [0.3, 0.4) is 0 Å². The average molecular weight is 306 g/mol. The largest absolute Gasteiger partial charge is 0.370 e. The second-order valence-corrected chi connectivity index (χ2v) is 6.38. The third-order valence-electron chi connectivity index (χ3n) is 3.73. The maximum atomic E-state index is 12.6. The van der Waals surface area contributed by atoms with E-state index < -0.39 is 5.54 Å². The number of fused-ring (bicyclic) bond motifs is 1. The predicted octanol–water partition coefficient (Wildman–Crippen LogP) is 1.25. The molecule has 0 saturated heterocycles. The number of nitrogens with zero attached hydrogens (tertiary/aromatic N) is 3. The van der Waals surface area contributed by atoms with Crippen LogP contribution in [0.5, 0.6) is 0 Å². The third kappa shape index (κ3) is 2.58. The summed E-state index contributed by atoms with van der Waals surface area (Å²) >= 11 is 1.70. The summed E-state index contributed by atoms with van der Waals surface area (Å²) in [4.78, 5) is 13.9. The van der Waals surface area contributed by atoms with Crippen LogP contribution in [0.4, 0.5) is 0 Å². The highest BCUT2D eigenvalue weighted by molar-refractivity contribution is 7.09. The molecule has 1 atom stereocenters. The highest BCUT2D eigenvalue weighted by Crippen LogP contribution is 2.25. The van der Waals surface area contributed by atoms with Gasteiger partial charge >= 0.3 is 0 Å². The number of carbonyl (C=O) groups excluding carboxylic acids is 1. The summed E-state index contributed by atoms with van der Waals surface area (Å²) in [5.41, 5.74) is -0.781. The highest BCUT2D eigenvalue weighted by Gasteiger charge is 2.41. The fourth-order valence-corrected chi connectivity index (χ4v) is 3.37. The van der Waals surface area contributed by atoms with E-state index in [-0.39, 0.29) is 5.91 Å². The van der Waals surface area contributed by atoms with Crippen LogP contribution in [0.25, 0.3) is 0 Å². The average Bonchev–Trinajstić information content (AvgIpc) is 3.10. The van der Waals surface area contributed by atoms with Gasteiger partial charge in [-0.1, -0.05) is 6.07 Å². The summed E-state index contributed by atoms with van der Waals surface area (Å²) in [6, 6.07) is 4.09. The first-order valence-corrected chi connectivity index (χ1v) is 7.79. The molecule has 0 radical (unpaired) electrons. The van der Waals surface area contributed by atoms with Gasteiger partial charge in [-0.15, -0.1) is 21.5 Å². The maximum Gasteiger partial charge on any atom is 0.248 e. The van der Waals surface area contributed by atoms with E-state index in [1.54, 1.807) is 11.3 Å². The lowest BCUT2D eigenvalue weighted by atomic mass is 10.00. The van der Waals surface area contributed by atoms with Crippen molar-refractivity contribution < 1.29 is 9.53 Å². The molecule has 0 aliphatic carbocycles. The van der Waals surface area contributed by atoms with E-state index >= 15 is 0 Å². The molecule has 0 saturated carbocycles. The first-order valence-electron chi connectivity index (χ1n) is 6.91. The Morgan fingerprint density at radius 3 is 3.19 bits per heavy atom. The lowest BCUT2D eigenvalue weighted by Crippen LogP contribution is -2.53. The molecular formula is C14H18N4O2S. The van der Waals surface area contributed by atoms with Crippen LogP contribution in [-0.2, 0) is 28.1 Å². The number of rotatable bonds is 4. The van der Waals surface area contributed by atoms with Crippen molar-refractivity contribution in [2.75, 3.05) is 13.2 Å². The number of aromatic nitrogens is 3. The Hall–Kier alpha value is -1.73. The van der Waals surface area contributed by atoms with Gasteiger partial charge in [0.05, 0.1) is 6.61 Å². The maximum absolute atomic E-state index is 12.6. The number of hydrogen-bond donors (Lipinski definition) is 1. The van der Waals surface area contributed by atoms with E-state index in [4.69, 9.17) is 4.74 Å². The molecule has 0 aromatic carbocycles. The normalized spacial score (nSPS) is 21.0. The zero-order valence-corrected chi connectivity index (χ0v) is 12.9. The van der Waals surface area contributed by atoms with Crippen LogP contribution in [-0.4, -0.2) is 33.8 Å². The van der Waals surface area contributed by atoms with Crippen molar-refractivity contribution in [1.29, 1.82) is 0 Å². The Labute approximate surface area is 127 Å². The number of carbonyl (C=O) groups is 1. The van der Waals surface area contributed by atoms with Gasteiger partial charge in [-0.2, -0.15) is 0 Å². The van der Waals surface area contributed by atoms with Crippen molar-refractivity contribution in [2.24, 2.45) is 0 Å². The summed E-state index contributed by atoms with van der Waals surface area (Å²) in [5, 5.41) is 13.2. The molecular weight excluding hydrogens is 288 g/mol. The van der Waals surface area contributed by atoms with Crippen molar-refractivity contribution >= 4 is 17.2 Å². The summed E-state index contributed by atoms with van der Waals surface area (Å²) in [6.45, 7) is 5.08. The Morgan fingerprint density at radius 2 is 2.43 bits per heavy atom. The van der Waals surface area contributed by atoms with Crippen LogP contribution in [0.2, 0.25) is 0 Å². The SMILES string of the molecule is Cc1nnc2n1C(C)(C(=O)NCCc1cccs1)COC2. The first-order chi connectivity index (χ1) is 10.1. The first kappa shape index (κ1) is 14.2. The molecule has 0 bridgehead atoms. The van der Waals surface area contributed by atoms with E-state index in [0.717, 1.165) is 12.2 Å². The summed E-state index contributed by atoms with van der Waals surface area (Å²) in [7, 11) is 0. The van der Waals surface area contributed by atoms with Gasteiger partial charge in [-0.05, 0) is 31.7 Å². The van der Waals surface area contributed by atoms with Crippen LogP contribution in [0.15, 0.2) is 17.5 Å². The number of hydrogen-bond acceptors (Lipinski definition) is 5. The topological polar surface area (TPSA) is 69.0 Å². The molecule has 1 N–H and O–H groups in total. The fourth-order valence-electron chi connectivity index (χ4n) is 2.66. The Morgan fingerprint density at radius 1 is 1.57 bits per heavy atom. The molecule has 1 aliphatic heterocycles. The second-order valence-electron chi connectivity index (χ2n) is 5.35. The van der Waals surface area contributed by atoms with E-state index in [1.807, 2.05) is 29.9 Å². The number of aryl methyl sites for hydroxylation is 1. The highest BCUT2D eigenvalue weighted by atomic mass is 32.1. The Bertz CT molecular complexity index is 637. The molecule has 3 heterocycles. The second kappa shape index (κ2) is 5.57. The van der Waals surface area contributed by atoms with Crippen molar-refractivity contribution in [2.45, 2.75) is 32.4 Å². The lowest BCUT2D eigenvalue weighted by molar-refractivity contribution is -0.135. The lowest BCUT2D eigenvalue weighted by Gasteiger charge is -2.34. The smallest absolute Gasteiger partial charge is 0.248 e. The van der Waals surface area contributed by atoms with E-state index in [9.17, 15) is 4.79 Å². The summed E-state index contributed by atoms with van der Waals surface area (Å²) < 4.78 is 7.40. The Balaban J connectivity index is 1.70. The minimum Gasteiger partial charge on any atom is -0.370 e. The monoisotopic (exact) mass is 306 g/mol. The zero-order chi connectivity index (χ0) is 14.9. The van der Waals surface area contributed by atoms with Crippen LogP contribution < -0.4 is 5.32 Å². The summed E-state index contributed by atoms with van der Waals surface area (Å²) in [5.74, 6) is 1.39. The molecule has 6 nitrogen and oxygen atoms in total. The van der Waals surface area contributed by atoms with Gasteiger partial charge in [0.15, 0.2) is 5.82 Å². The number of ether oxygens (including phenoxy) is 1. The standard InChI is InChI=1S/C14H18N4O2S/c1-10-16-17-12-8-20-9-14(2,18(10)12)13(19)15-6-5-11-4-3-7-21-11/h3-4,7H,5-6,8-9H2,1-2H3,(H,15,19). The van der Waals surface area contributed by atoms with Gasteiger partial charge in [-0.25, -0.2) is 0 Å². The molecule has 1 aliphatic rings. The van der Waals surface area contributed by atoms with Gasteiger partial charge in [-0.3, -0.25) is 9.36 Å². The third-order valence-corrected chi connectivity index (χ3v) is 4.66. The molecule has 1 amide bonds. The van der Waals surface area contributed by atoms with Crippen LogP contribution >= 0.6 is 11.3 Å². The van der Waals surface area contributed by atoms with E-state index in [2.05, 4.69) is 21.6 Å². The molecule has 0 spiro atoms. The number of nitrogens with one attached hydrogen (secondary N) is 1. The minimum absolute atomic E-state index is 0.0529. The van der Waals surface area contributed by atoms with Gasteiger partial charge in [0.1, 0.15) is 18.0 Å². The van der Waals surface area contributed by atoms with Crippen molar-refractivity contribution in [3.8, 4) is 0 Å². The van der Waals surface area contributed by atoms with Crippen LogP contribution in [0.1, 0.15) is 23.4 Å². The van der Waals surface area contributed by atoms with E-state index in [1.165, 1.54) is 4.88 Å². The number of thiophene rings is 1. The van der Waals surface area contributed by atoms with Gasteiger partial charge < -0.3 is 10.1 Å². The molecule has 21 heavy (non-hydrogen) atoms. The molecule has 2 aromatic rings. The Kier molecular flexibility index (Phi) is 3.77. The van der Waals surface area contributed by atoms with Crippen molar-refractivity contribution in [3.63, 3.8) is 0 Å².